The molecule has 0 saturated heterocycles. The molecule has 2 bridgehead atoms. The highest BCUT2D eigenvalue weighted by Crippen LogP contribution is 2.47. The number of benzene rings is 1. The molecular formula is C18H25N3O2. The second kappa shape index (κ2) is 6.71. The molecule has 1 aromatic rings. The quantitative estimate of drug-likeness (QED) is 0.760. The monoisotopic (exact) mass is 315 g/mol. The standard InChI is InChI=1S/C18H25N3O2/c1-20-17(22)14-4-2-3-11(9-14)7-8-21-18(23)15-12-5-6-13(10-12)16(15)19/h2-4,9,12-13,15-16H,5-8,10,19H2,1H3,(H,20,22)(H,21,23). The molecule has 2 amide bonds. The molecule has 2 fully saturated rings. The highest BCUT2D eigenvalue weighted by Gasteiger charge is 2.48. The van der Waals surface area contributed by atoms with Gasteiger partial charge in [0, 0.05) is 25.2 Å². The number of amides is 2. The van der Waals surface area contributed by atoms with Gasteiger partial charge < -0.3 is 16.4 Å². The first kappa shape index (κ1) is 16.0. The summed E-state index contributed by atoms with van der Waals surface area (Å²) in [7, 11) is 1.62. The highest BCUT2D eigenvalue weighted by atomic mass is 16.2. The molecule has 4 unspecified atom stereocenters. The average molecular weight is 315 g/mol. The number of hydrogen-bond donors (Lipinski definition) is 3. The molecule has 2 aliphatic carbocycles. The summed E-state index contributed by atoms with van der Waals surface area (Å²) in [6, 6.07) is 7.53. The topological polar surface area (TPSA) is 84.2 Å². The molecule has 3 rings (SSSR count). The predicted octanol–water partition coefficient (Wildman–Crippen LogP) is 1.08. The van der Waals surface area contributed by atoms with E-state index in [2.05, 4.69) is 10.6 Å². The van der Waals surface area contributed by atoms with Gasteiger partial charge in [-0.15, -0.1) is 0 Å². The van der Waals surface area contributed by atoms with Crippen molar-refractivity contribution < 1.29 is 9.59 Å². The van der Waals surface area contributed by atoms with Gasteiger partial charge in [0.1, 0.15) is 0 Å². The van der Waals surface area contributed by atoms with E-state index in [1.54, 1.807) is 13.1 Å². The number of nitrogens with one attached hydrogen (secondary N) is 2. The minimum atomic E-state index is -0.0937. The van der Waals surface area contributed by atoms with Crippen molar-refractivity contribution in [3.63, 3.8) is 0 Å². The van der Waals surface area contributed by atoms with Gasteiger partial charge >= 0.3 is 0 Å². The van der Waals surface area contributed by atoms with Gasteiger partial charge in [-0.1, -0.05) is 12.1 Å². The predicted molar refractivity (Wildman–Crippen MR) is 88.8 cm³/mol. The summed E-state index contributed by atoms with van der Waals surface area (Å²) in [6.45, 7) is 0.580. The zero-order valence-corrected chi connectivity index (χ0v) is 13.5. The Labute approximate surface area is 137 Å². The van der Waals surface area contributed by atoms with Crippen molar-refractivity contribution in [1.82, 2.24) is 10.6 Å². The molecule has 2 saturated carbocycles. The van der Waals surface area contributed by atoms with E-state index in [1.807, 2.05) is 18.2 Å². The molecule has 5 nitrogen and oxygen atoms in total. The normalized spacial score (nSPS) is 28.6. The fourth-order valence-corrected chi connectivity index (χ4v) is 4.19. The lowest BCUT2D eigenvalue weighted by molar-refractivity contribution is -0.127. The Kier molecular flexibility index (Phi) is 4.66. The summed E-state index contributed by atoms with van der Waals surface area (Å²) >= 11 is 0. The Bertz CT molecular complexity index is 600. The van der Waals surface area contributed by atoms with Crippen LogP contribution >= 0.6 is 0 Å². The van der Waals surface area contributed by atoms with Gasteiger partial charge in [0.15, 0.2) is 0 Å². The Morgan fingerprint density at radius 3 is 2.74 bits per heavy atom. The molecule has 4 N–H and O–H groups in total. The van der Waals surface area contributed by atoms with Gasteiger partial charge in [-0.3, -0.25) is 9.59 Å². The van der Waals surface area contributed by atoms with Crippen LogP contribution in [0.5, 0.6) is 0 Å². The molecule has 5 heteroatoms. The van der Waals surface area contributed by atoms with Crippen molar-refractivity contribution in [2.45, 2.75) is 31.7 Å². The molecule has 0 radical (unpaired) electrons. The number of carbonyl (C=O) groups is 2. The molecule has 1 aromatic carbocycles. The Morgan fingerprint density at radius 2 is 2.04 bits per heavy atom. The van der Waals surface area contributed by atoms with E-state index in [0.717, 1.165) is 18.4 Å². The number of nitrogens with two attached hydrogens (primary N) is 1. The number of rotatable bonds is 5. The van der Waals surface area contributed by atoms with Crippen molar-refractivity contribution in [1.29, 1.82) is 0 Å². The zero-order valence-electron chi connectivity index (χ0n) is 13.5. The number of carbonyl (C=O) groups excluding carboxylic acids is 2. The zero-order chi connectivity index (χ0) is 16.4. The van der Waals surface area contributed by atoms with Crippen LogP contribution in [0.3, 0.4) is 0 Å². The highest BCUT2D eigenvalue weighted by molar-refractivity contribution is 5.94. The second-order valence-corrected chi connectivity index (χ2v) is 6.76. The molecule has 0 heterocycles. The van der Waals surface area contributed by atoms with E-state index < -0.39 is 0 Å². The van der Waals surface area contributed by atoms with Crippen LogP contribution < -0.4 is 16.4 Å². The largest absolute Gasteiger partial charge is 0.355 e. The van der Waals surface area contributed by atoms with Gasteiger partial charge in [-0.25, -0.2) is 0 Å². The van der Waals surface area contributed by atoms with E-state index in [9.17, 15) is 9.59 Å². The summed E-state index contributed by atoms with van der Waals surface area (Å²) < 4.78 is 0. The maximum Gasteiger partial charge on any atom is 0.251 e. The Hall–Kier alpha value is -1.88. The van der Waals surface area contributed by atoms with E-state index >= 15 is 0 Å². The molecular weight excluding hydrogens is 290 g/mol. The van der Waals surface area contributed by atoms with E-state index in [-0.39, 0.29) is 23.8 Å². The third-order valence-electron chi connectivity index (χ3n) is 5.41. The number of hydrogen-bond acceptors (Lipinski definition) is 3. The van der Waals surface area contributed by atoms with Crippen molar-refractivity contribution in [2.24, 2.45) is 23.5 Å². The van der Waals surface area contributed by atoms with Crippen molar-refractivity contribution in [3.8, 4) is 0 Å². The first-order valence-electron chi connectivity index (χ1n) is 8.44. The summed E-state index contributed by atoms with van der Waals surface area (Å²) in [5.74, 6) is 1.02. The Morgan fingerprint density at radius 1 is 1.26 bits per heavy atom. The smallest absolute Gasteiger partial charge is 0.251 e. The molecule has 0 spiro atoms. The lowest BCUT2D eigenvalue weighted by Crippen LogP contribution is -2.45. The maximum absolute atomic E-state index is 12.4. The van der Waals surface area contributed by atoms with Crippen LogP contribution in [0.4, 0.5) is 0 Å². The van der Waals surface area contributed by atoms with E-state index in [1.165, 1.54) is 6.42 Å². The maximum atomic E-state index is 12.4. The molecule has 124 valence electrons. The number of fused-ring (bicyclic) bond motifs is 2. The van der Waals surface area contributed by atoms with Gasteiger partial charge in [0.25, 0.3) is 5.91 Å². The van der Waals surface area contributed by atoms with Crippen LogP contribution in [-0.2, 0) is 11.2 Å². The minimum absolute atomic E-state index is 0.00838. The van der Waals surface area contributed by atoms with Crippen molar-refractivity contribution >= 4 is 11.8 Å². The van der Waals surface area contributed by atoms with Gasteiger partial charge in [-0.05, 0) is 55.2 Å². The SMILES string of the molecule is CNC(=O)c1cccc(CCNC(=O)C2C3CCC(C3)C2N)c1. The van der Waals surface area contributed by atoms with Crippen molar-refractivity contribution in [3.05, 3.63) is 35.4 Å². The minimum Gasteiger partial charge on any atom is -0.355 e. The molecule has 2 aliphatic rings. The molecule has 23 heavy (non-hydrogen) atoms. The third-order valence-corrected chi connectivity index (χ3v) is 5.41. The van der Waals surface area contributed by atoms with Crippen LogP contribution in [0.2, 0.25) is 0 Å². The van der Waals surface area contributed by atoms with Gasteiger partial charge in [0.05, 0.1) is 5.92 Å². The third kappa shape index (κ3) is 3.24. The fraction of sp³-hybridized carbons (Fsp3) is 0.556. The first-order chi connectivity index (χ1) is 11.1. The fourth-order valence-electron chi connectivity index (χ4n) is 4.19. The first-order valence-corrected chi connectivity index (χ1v) is 8.44. The Balaban J connectivity index is 1.52. The van der Waals surface area contributed by atoms with Crippen LogP contribution in [-0.4, -0.2) is 31.4 Å². The van der Waals surface area contributed by atoms with E-state index in [0.29, 0.717) is 30.4 Å². The van der Waals surface area contributed by atoms with Crippen molar-refractivity contribution in [2.75, 3.05) is 13.6 Å². The second-order valence-electron chi connectivity index (χ2n) is 6.76. The molecule has 4 atom stereocenters. The lowest BCUT2D eigenvalue weighted by Gasteiger charge is -2.27. The van der Waals surface area contributed by atoms with Crippen LogP contribution in [0.1, 0.15) is 35.2 Å². The summed E-state index contributed by atoms with van der Waals surface area (Å²) in [6.07, 6.45) is 4.16. The van der Waals surface area contributed by atoms with Crippen LogP contribution in [0.25, 0.3) is 0 Å². The summed E-state index contributed by atoms with van der Waals surface area (Å²) in [5.41, 5.74) is 7.90. The summed E-state index contributed by atoms with van der Waals surface area (Å²) in [5, 5.41) is 5.65. The van der Waals surface area contributed by atoms with E-state index in [4.69, 9.17) is 5.73 Å². The molecule has 0 aliphatic heterocycles. The van der Waals surface area contributed by atoms with Crippen LogP contribution in [0, 0.1) is 17.8 Å². The summed E-state index contributed by atoms with van der Waals surface area (Å²) in [4.78, 5) is 24.0. The van der Waals surface area contributed by atoms with Crippen LogP contribution in [0.15, 0.2) is 24.3 Å². The van der Waals surface area contributed by atoms with Gasteiger partial charge in [-0.2, -0.15) is 0 Å². The lowest BCUT2D eigenvalue weighted by atomic mass is 9.84. The van der Waals surface area contributed by atoms with Gasteiger partial charge in [0.2, 0.25) is 5.91 Å². The average Bonchev–Trinajstić information content (AvgIpc) is 3.15. The molecule has 0 aromatic heterocycles.